The summed E-state index contributed by atoms with van der Waals surface area (Å²) >= 11 is 0. The first-order chi connectivity index (χ1) is 23.0. The number of methoxy groups -OCH3 is 4. The average Bonchev–Trinajstić information content (AvgIpc) is 2.94. The van der Waals surface area contributed by atoms with Crippen LogP contribution in [0.1, 0.15) is 62.3 Å². The minimum atomic E-state index is -3.33. The number of benzene rings is 2. The molecule has 0 saturated heterocycles. The quantitative estimate of drug-likeness (QED) is 0.404. The van der Waals surface area contributed by atoms with E-state index < -0.39 is 82.6 Å². The Bertz CT molecular complexity index is 1550. The van der Waals surface area contributed by atoms with Gasteiger partial charge in [0.25, 0.3) is 0 Å². The summed E-state index contributed by atoms with van der Waals surface area (Å²) in [5.74, 6) is -4.07. The van der Waals surface area contributed by atoms with Gasteiger partial charge in [-0.3, -0.25) is 0 Å². The summed E-state index contributed by atoms with van der Waals surface area (Å²) in [7, 11) is -3.83. The predicted octanol–water partition coefficient (Wildman–Crippen LogP) is 5.09. The molecule has 0 aliphatic rings. The molecule has 0 spiro atoms. The predicted molar refractivity (Wildman–Crippen MR) is 132 cm³/mol. The van der Waals surface area contributed by atoms with Crippen molar-refractivity contribution in [2.75, 3.05) is 48.4 Å². The molecule has 0 saturated carbocycles. The monoisotopic (exact) mass is 472 g/mol. The van der Waals surface area contributed by atoms with Crippen molar-refractivity contribution >= 4 is 0 Å². The van der Waals surface area contributed by atoms with Crippen LogP contribution in [0, 0.1) is 17.2 Å². The fraction of sp³-hybridized carbons (Fsp3) is 0.519. The van der Waals surface area contributed by atoms with Gasteiger partial charge in [-0.05, 0) is 74.0 Å². The van der Waals surface area contributed by atoms with Crippen molar-refractivity contribution in [3.63, 3.8) is 0 Å². The van der Waals surface area contributed by atoms with Crippen LogP contribution in [0.2, 0.25) is 0 Å². The third-order valence-corrected chi connectivity index (χ3v) is 5.21. The van der Waals surface area contributed by atoms with Gasteiger partial charge < -0.3 is 23.8 Å². The van der Waals surface area contributed by atoms with Crippen molar-refractivity contribution in [3.05, 3.63) is 47.5 Å². The Kier molecular flexibility index (Phi) is 3.96. The van der Waals surface area contributed by atoms with Crippen LogP contribution in [0.3, 0.4) is 0 Å². The lowest BCUT2D eigenvalue weighted by Gasteiger charge is -2.32. The van der Waals surface area contributed by atoms with Gasteiger partial charge in [0.1, 0.15) is 0 Å². The van der Waals surface area contributed by atoms with E-state index in [1.54, 1.807) is 6.07 Å². The number of nitriles is 1. The molecule has 6 nitrogen and oxygen atoms in total. The second kappa shape index (κ2) is 12.4. The molecule has 0 amide bonds. The Morgan fingerprint density at radius 2 is 1.82 bits per heavy atom. The zero-order chi connectivity index (χ0) is 39.5. The molecule has 0 fully saturated rings. The number of hydrogen-bond acceptors (Lipinski definition) is 6. The second-order valence-corrected chi connectivity index (χ2v) is 7.14. The van der Waals surface area contributed by atoms with Crippen molar-refractivity contribution in [1.82, 2.24) is 4.90 Å². The molecule has 0 bridgehead atoms. The second-order valence-electron chi connectivity index (χ2n) is 7.14. The van der Waals surface area contributed by atoms with E-state index in [0.29, 0.717) is 0 Å². The lowest BCUT2D eigenvalue weighted by atomic mass is 9.69. The topological polar surface area (TPSA) is 64.0 Å². The normalized spacial score (nSPS) is 22.8. The highest BCUT2D eigenvalue weighted by molar-refractivity contribution is 5.47. The summed E-state index contributed by atoms with van der Waals surface area (Å²) in [6, 6.07) is 3.45. The van der Waals surface area contributed by atoms with E-state index in [1.165, 1.54) is 14.2 Å². The van der Waals surface area contributed by atoms with E-state index >= 15 is 0 Å². The molecule has 0 aromatic heterocycles. The summed E-state index contributed by atoms with van der Waals surface area (Å²) in [6.07, 6.45) is -1.17. The molecule has 0 aliphatic carbocycles. The first-order valence-corrected chi connectivity index (χ1v) is 9.93. The Hall–Kier alpha value is -2.91. The van der Waals surface area contributed by atoms with Crippen LogP contribution in [0.5, 0.6) is 23.0 Å². The average molecular weight is 473 g/mol. The number of ether oxygens (including phenoxy) is 4. The number of nitrogens with zero attached hydrogens (tertiary/aromatic N) is 2. The van der Waals surface area contributed by atoms with Crippen LogP contribution in [0.15, 0.2) is 36.3 Å². The van der Waals surface area contributed by atoms with Gasteiger partial charge in [0, 0.05) is 18.9 Å². The maximum Gasteiger partial charge on any atom is 0.161 e. The van der Waals surface area contributed by atoms with Crippen molar-refractivity contribution in [2.24, 2.45) is 5.92 Å². The molecule has 1 atom stereocenters. The van der Waals surface area contributed by atoms with E-state index in [4.69, 9.17) is 43.6 Å². The Balaban J connectivity index is 2.66. The van der Waals surface area contributed by atoms with Crippen LogP contribution in [0.25, 0.3) is 0 Å². The van der Waals surface area contributed by atoms with Gasteiger partial charge in [0.05, 0.1) is 52.1 Å². The lowest BCUT2D eigenvalue weighted by Crippen LogP contribution is -2.32. The Labute approximate surface area is 224 Å². The highest BCUT2D eigenvalue weighted by Gasteiger charge is 2.36. The molecule has 0 aliphatic heterocycles. The minimum Gasteiger partial charge on any atom is -0.493 e. The number of hydrogen-bond donors (Lipinski definition) is 0. The van der Waals surface area contributed by atoms with E-state index in [0.717, 1.165) is 23.1 Å². The molecule has 2 aromatic carbocycles. The van der Waals surface area contributed by atoms with Crippen LogP contribution in [-0.2, 0) is 11.8 Å². The van der Waals surface area contributed by atoms with Crippen LogP contribution in [-0.4, -0.2) is 53.3 Å². The minimum absolute atomic E-state index is 0.0238. The van der Waals surface area contributed by atoms with Crippen molar-refractivity contribution in [3.8, 4) is 29.1 Å². The summed E-state index contributed by atoms with van der Waals surface area (Å²) < 4.78 is 163. The van der Waals surface area contributed by atoms with Gasteiger partial charge in [-0.15, -0.1) is 0 Å². The van der Waals surface area contributed by atoms with Crippen LogP contribution < -0.4 is 18.9 Å². The molecule has 6 heteroatoms. The van der Waals surface area contributed by atoms with Crippen molar-refractivity contribution in [1.29, 1.82) is 5.26 Å². The summed E-state index contributed by atoms with van der Waals surface area (Å²) in [4.78, 5) is 0.935. The zero-order valence-electron chi connectivity index (χ0n) is 36.4. The van der Waals surface area contributed by atoms with Gasteiger partial charge in [0.2, 0.25) is 0 Å². The smallest absolute Gasteiger partial charge is 0.161 e. The maximum atomic E-state index is 10.6. The molecule has 33 heavy (non-hydrogen) atoms. The van der Waals surface area contributed by atoms with Crippen molar-refractivity contribution < 1.29 is 43.6 Å². The Morgan fingerprint density at radius 1 is 1.03 bits per heavy atom. The van der Waals surface area contributed by atoms with E-state index in [2.05, 4.69) is 0 Å². The summed E-state index contributed by atoms with van der Waals surface area (Å²) in [6.45, 7) is -10.2. The third-order valence-electron chi connectivity index (χ3n) is 5.21. The van der Waals surface area contributed by atoms with Gasteiger partial charge in [0.15, 0.2) is 23.0 Å². The molecular formula is C27H38N2O4. The highest BCUT2D eigenvalue weighted by atomic mass is 16.5. The maximum absolute atomic E-state index is 10.6. The first kappa shape index (κ1) is 10.6. The van der Waals surface area contributed by atoms with Gasteiger partial charge >= 0.3 is 0 Å². The number of likely N-dealkylation sites (N-methyl/N-ethyl adjacent to an activating group) is 1. The van der Waals surface area contributed by atoms with E-state index in [-0.39, 0.29) is 48.1 Å². The van der Waals surface area contributed by atoms with Crippen LogP contribution >= 0.6 is 0 Å². The molecule has 1 unspecified atom stereocenters. The molecule has 0 radical (unpaired) electrons. The van der Waals surface area contributed by atoms with E-state index in [9.17, 15) is 5.26 Å². The van der Waals surface area contributed by atoms with Crippen LogP contribution in [0.4, 0.5) is 0 Å². The molecule has 0 N–H and O–H groups in total. The lowest BCUT2D eigenvalue weighted by molar-refractivity contribution is 0.292. The molecule has 2 aromatic rings. The molecular weight excluding hydrogens is 416 g/mol. The summed E-state index contributed by atoms with van der Waals surface area (Å²) in [5.41, 5.74) is -2.89. The van der Waals surface area contributed by atoms with Crippen molar-refractivity contribution in [2.45, 2.75) is 38.4 Å². The Morgan fingerprint density at radius 3 is 2.48 bits per heavy atom. The fourth-order valence-corrected chi connectivity index (χ4v) is 3.32. The zero-order valence-corrected chi connectivity index (χ0v) is 18.4. The molecule has 2 rings (SSSR count). The largest absolute Gasteiger partial charge is 0.493 e. The molecule has 180 valence electrons. The number of rotatable bonds is 13. The first-order valence-electron chi connectivity index (χ1n) is 18.9. The van der Waals surface area contributed by atoms with Gasteiger partial charge in [-0.2, -0.15) is 5.26 Å². The third kappa shape index (κ3) is 6.33. The standard InChI is InChI=1S/C27H38N2O4/c1-20(2)27(19-28,22-10-12-24(31-5)26(18-22)33-7)14-8-15-29(3)16-13-21-9-11-23(30-4)25(17-21)32-6/h9-12,17-18,20H,8,13-16H2,1-7H3/i1D3,2D3,3D3,5D3,7D3,9D,11D,17D. The van der Waals surface area contributed by atoms with Gasteiger partial charge in [-0.25, -0.2) is 0 Å². The summed E-state index contributed by atoms with van der Waals surface area (Å²) in [5, 5.41) is 10.6. The van der Waals surface area contributed by atoms with Gasteiger partial charge in [-0.1, -0.05) is 25.8 Å². The highest BCUT2D eigenvalue weighted by Crippen LogP contribution is 2.40. The van der Waals surface area contributed by atoms with E-state index in [1.807, 2.05) is 0 Å². The fourth-order valence-electron chi connectivity index (χ4n) is 3.32. The SMILES string of the molecule is [2H]c1c([2H])c(OC)c(OC)c([2H])c1CCN(CCCC(C#N)(c1ccc(OC([2H])([2H])[2H])c(OC([2H])([2H])[2H])c1)C(C([2H])([2H])[2H])C([2H])([2H])[2H])C([2H])([2H])[2H]. The molecule has 0 heterocycles.